The van der Waals surface area contributed by atoms with E-state index in [0.29, 0.717) is 40.6 Å². The van der Waals surface area contributed by atoms with Gasteiger partial charge in [0.15, 0.2) is 0 Å². The van der Waals surface area contributed by atoms with Crippen molar-refractivity contribution in [2.75, 3.05) is 11.6 Å². The summed E-state index contributed by atoms with van der Waals surface area (Å²) < 4.78 is 35.4. The minimum Gasteiger partial charge on any atom is -0.474 e. The van der Waals surface area contributed by atoms with Crippen LogP contribution >= 0.6 is 0 Å². The molecule has 0 spiro atoms. The lowest BCUT2D eigenvalue weighted by Crippen LogP contribution is -2.33. The summed E-state index contributed by atoms with van der Waals surface area (Å²) in [6.07, 6.45) is 5.95. The Morgan fingerprint density at radius 2 is 1.88 bits per heavy atom. The van der Waals surface area contributed by atoms with Gasteiger partial charge in [0.1, 0.15) is 27.6 Å². The van der Waals surface area contributed by atoms with Crippen molar-refractivity contribution >= 4 is 38.2 Å². The van der Waals surface area contributed by atoms with Crippen molar-refractivity contribution in [2.24, 2.45) is 5.73 Å². The highest BCUT2D eigenvalue weighted by molar-refractivity contribution is 7.91. The number of anilines is 2. The van der Waals surface area contributed by atoms with Gasteiger partial charge in [-0.1, -0.05) is 20.3 Å². The highest BCUT2D eigenvalue weighted by Crippen LogP contribution is 2.36. The van der Waals surface area contributed by atoms with E-state index in [1.165, 1.54) is 6.26 Å². The lowest BCUT2D eigenvalue weighted by Gasteiger charge is -2.28. The minimum absolute atomic E-state index is 0.0456. The van der Waals surface area contributed by atoms with E-state index in [1.54, 1.807) is 31.5 Å². The number of carbonyl (C=O) groups is 1. The van der Waals surface area contributed by atoms with Gasteiger partial charge in [0.2, 0.25) is 5.88 Å². The zero-order valence-electron chi connectivity index (χ0n) is 24.2. The summed E-state index contributed by atoms with van der Waals surface area (Å²) in [6.45, 7) is 11.4. The van der Waals surface area contributed by atoms with Gasteiger partial charge in [-0.3, -0.25) is 0 Å². The van der Waals surface area contributed by atoms with Crippen LogP contribution in [-0.2, 0) is 20.1 Å². The second-order valence-corrected chi connectivity index (χ2v) is 13.7. The number of fused-ring (bicyclic) bond motifs is 2. The molecule has 4 heterocycles. The Labute approximate surface area is 236 Å². The Balaban J connectivity index is 1.72. The Bertz CT molecular complexity index is 1520. The van der Waals surface area contributed by atoms with Gasteiger partial charge in [0.05, 0.1) is 28.0 Å². The zero-order valence-corrected chi connectivity index (χ0v) is 25.0. The van der Waals surface area contributed by atoms with Crippen LogP contribution in [0.5, 0.6) is 5.88 Å². The maximum atomic E-state index is 12.3. The molecular formula is C29H39N5O5S. The Morgan fingerprint density at radius 1 is 1.15 bits per heavy atom. The van der Waals surface area contributed by atoms with Gasteiger partial charge >= 0.3 is 5.97 Å². The summed E-state index contributed by atoms with van der Waals surface area (Å²) in [5, 5.41) is 4.23. The van der Waals surface area contributed by atoms with Gasteiger partial charge < -0.3 is 20.5 Å². The van der Waals surface area contributed by atoms with Crippen molar-refractivity contribution in [3.8, 4) is 5.88 Å². The van der Waals surface area contributed by atoms with E-state index in [9.17, 15) is 13.2 Å². The van der Waals surface area contributed by atoms with E-state index in [2.05, 4.69) is 22.2 Å². The van der Waals surface area contributed by atoms with Gasteiger partial charge in [-0.25, -0.2) is 28.2 Å². The number of nitrogens with two attached hydrogens (primary N) is 1. The third-order valence-electron chi connectivity index (χ3n) is 7.66. The average molecular weight is 570 g/mol. The van der Waals surface area contributed by atoms with Crippen LogP contribution in [0.3, 0.4) is 0 Å². The summed E-state index contributed by atoms with van der Waals surface area (Å²) in [5.41, 5.74) is 8.11. The first-order chi connectivity index (χ1) is 18.7. The van der Waals surface area contributed by atoms with Crippen LogP contribution in [0.25, 0.3) is 10.8 Å². The maximum Gasteiger partial charge on any atom is 0.340 e. The van der Waals surface area contributed by atoms with Crippen LogP contribution in [-0.4, -0.2) is 53.1 Å². The second-order valence-electron chi connectivity index (χ2n) is 11.2. The highest BCUT2D eigenvalue weighted by atomic mass is 32.2. The number of hydrogen-bond donors (Lipinski definition) is 2. The number of nitrogens with one attached hydrogen (secondary N) is 1. The van der Waals surface area contributed by atoms with E-state index < -0.39 is 20.6 Å². The largest absolute Gasteiger partial charge is 0.474 e. The second kappa shape index (κ2) is 11.3. The fourth-order valence-corrected chi connectivity index (χ4v) is 5.64. The molecule has 0 aromatic carbocycles. The minimum atomic E-state index is -3.19. The third kappa shape index (κ3) is 6.20. The van der Waals surface area contributed by atoms with Crippen molar-refractivity contribution in [3.05, 3.63) is 47.4 Å². The number of carbonyl (C=O) groups excluding carboxylic acids is 1. The number of cyclic esters (lactones) is 1. The Kier molecular flexibility index (Phi) is 8.37. The number of rotatable bonds is 10. The lowest BCUT2D eigenvalue weighted by molar-refractivity contribution is 0.0235. The average Bonchev–Trinajstić information content (AvgIpc) is 2.86. The molecule has 40 heavy (non-hydrogen) atoms. The van der Waals surface area contributed by atoms with Crippen molar-refractivity contribution in [1.82, 2.24) is 15.0 Å². The molecular weight excluding hydrogens is 530 g/mol. The molecule has 4 rings (SSSR count). The molecule has 1 aliphatic rings. The summed E-state index contributed by atoms with van der Waals surface area (Å²) in [7, 11) is -3.19. The topological polar surface area (TPSA) is 146 Å². The number of esters is 1. The predicted molar refractivity (Wildman–Crippen MR) is 156 cm³/mol. The molecule has 3 aromatic rings. The van der Waals surface area contributed by atoms with Crippen molar-refractivity contribution < 1.29 is 22.7 Å². The van der Waals surface area contributed by atoms with Gasteiger partial charge in [0.25, 0.3) is 0 Å². The summed E-state index contributed by atoms with van der Waals surface area (Å²) in [5.74, 6) is 1.05. The number of aromatic nitrogens is 3. The molecule has 0 amide bonds. The molecule has 0 unspecified atom stereocenters. The van der Waals surface area contributed by atoms with Gasteiger partial charge in [-0.15, -0.1) is 0 Å². The molecule has 10 nitrogen and oxygen atoms in total. The first-order valence-corrected chi connectivity index (χ1v) is 15.6. The molecule has 0 bridgehead atoms. The fraction of sp³-hybridized carbons (Fsp3) is 0.517. The van der Waals surface area contributed by atoms with Crippen LogP contribution in [0.15, 0.2) is 30.6 Å². The number of pyridine rings is 3. The van der Waals surface area contributed by atoms with E-state index in [1.807, 2.05) is 33.8 Å². The molecule has 0 radical (unpaired) electrons. The number of ether oxygens (including phenoxy) is 2. The van der Waals surface area contributed by atoms with E-state index >= 15 is 0 Å². The van der Waals surface area contributed by atoms with E-state index in [4.69, 9.17) is 20.2 Å². The molecule has 0 fully saturated rings. The lowest BCUT2D eigenvalue weighted by atomic mass is 9.87. The number of sulfone groups is 1. The molecule has 216 valence electrons. The standard InChI is InChI=1S/C29H39N5O5S/c1-8-11-29(6,30)23-15-32-27(38-16(2)12-17(3)40(7,36)37)22-14-31-25(13-21(22)23)33-24-10-9-20-26(34-24)18(4)19(5)39-28(20)35/h9-10,13-19H,8,11-12,30H2,1-7H3,(H,31,33,34)/t16-,17-,18+,19+,29+/m1/s1. The van der Waals surface area contributed by atoms with Gasteiger partial charge in [0, 0.05) is 36.5 Å². The Hall–Kier alpha value is -3.31. The third-order valence-corrected chi connectivity index (χ3v) is 9.31. The van der Waals surface area contributed by atoms with E-state index in [0.717, 1.165) is 23.8 Å². The SMILES string of the molecule is CCC[C@](C)(N)c1cnc(O[C@H](C)C[C@@H](C)S(C)(=O)=O)c2cnc(Nc3ccc4c(n3)[C@@H](C)[C@H](C)OC4=O)cc12. The fourth-order valence-electron chi connectivity index (χ4n) is 5.02. The van der Waals surface area contributed by atoms with E-state index in [-0.39, 0.29) is 24.1 Å². The van der Waals surface area contributed by atoms with Crippen LogP contribution in [0, 0.1) is 0 Å². The molecule has 0 saturated heterocycles. The predicted octanol–water partition coefficient (Wildman–Crippen LogP) is 5.00. The molecule has 11 heteroatoms. The van der Waals surface area contributed by atoms with Crippen LogP contribution in [0.2, 0.25) is 0 Å². The highest BCUT2D eigenvalue weighted by Gasteiger charge is 2.32. The smallest absolute Gasteiger partial charge is 0.340 e. The van der Waals surface area contributed by atoms with Gasteiger partial charge in [-0.05, 0) is 63.3 Å². The first-order valence-electron chi connectivity index (χ1n) is 13.6. The van der Waals surface area contributed by atoms with Gasteiger partial charge in [-0.2, -0.15) is 0 Å². The van der Waals surface area contributed by atoms with Crippen molar-refractivity contribution in [2.45, 2.75) is 89.7 Å². The van der Waals surface area contributed by atoms with Crippen molar-refractivity contribution in [1.29, 1.82) is 0 Å². The summed E-state index contributed by atoms with van der Waals surface area (Å²) >= 11 is 0. The molecule has 0 aliphatic carbocycles. The first kappa shape index (κ1) is 29.7. The maximum absolute atomic E-state index is 12.3. The van der Waals surface area contributed by atoms with Crippen LogP contribution in [0.4, 0.5) is 11.6 Å². The quantitative estimate of drug-likeness (QED) is 0.320. The monoisotopic (exact) mass is 569 g/mol. The van der Waals surface area contributed by atoms with Crippen LogP contribution < -0.4 is 15.8 Å². The number of nitrogens with zero attached hydrogens (tertiary/aromatic N) is 3. The van der Waals surface area contributed by atoms with Crippen LogP contribution in [0.1, 0.15) is 88.3 Å². The Morgan fingerprint density at radius 3 is 2.55 bits per heavy atom. The molecule has 3 N–H and O–H groups in total. The van der Waals surface area contributed by atoms with Crippen molar-refractivity contribution in [3.63, 3.8) is 0 Å². The molecule has 3 aromatic heterocycles. The molecule has 1 aliphatic heterocycles. The number of hydrogen-bond acceptors (Lipinski definition) is 10. The molecule has 5 atom stereocenters. The summed E-state index contributed by atoms with van der Waals surface area (Å²) in [6, 6.07) is 5.34. The zero-order chi connectivity index (χ0) is 29.4. The normalized spacial score (nSPS) is 20.2. The summed E-state index contributed by atoms with van der Waals surface area (Å²) in [4.78, 5) is 26.2. The molecule has 0 saturated carbocycles.